The Morgan fingerprint density at radius 3 is 2.88 bits per heavy atom. The Kier molecular flexibility index (Phi) is 4.88. The van der Waals surface area contributed by atoms with Gasteiger partial charge in [-0.3, -0.25) is 4.79 Å². The van der Waals surface area contributed by atoms with E-state index in [2.05, 4.69) is 20.4 Å². The molecular formula is C19H24N4O3. The van der Waals surface area contributed by atoms with E-state index in [0.29, 0.717) is 36.6 Å². The third-order valence-electron chi connectivity index (χ3n) is 5.31. The van der Waals surface area contributed by atoms with Crippen molar-refractivity contribution in [2.75, 3.05) is 20.2 Å². The number of hydrogen-bond donors (Lipinski definition) is 1. The summed E-state index contributed by atoms with van der Waals surface area (Å²) < 4.78 is 10.5. The van der Waals surface area contributed by atoms with Gasteiger partial charge in [0.2, 0.25) is 17.6 Å². The van der Waals surface area contributed by atoms with Crippen molar-refractivity contribution in [3.05, 3.63) is 30.2 Å². The van der Waals surface area contributed by atoms with Gasteiger partial charge < -0.3 is 19.5 Å². The molecule has 0 saturated carbocycles. The number of benzene rings is 1. The van der Waals surface area contributed by atoms with Crippen LogP contribution in [-0.4, -0.2) is 53.2 Å². The molecule has 2 bridgehead atoms. The highest BCUT2D eigenvalue weighted by Crippen LogP contribution is 2.29. The monoisotopic (exact) mass is 356 g/mol. The number of aromatic nitrogens is 2. The van der Waals surface area contributed by atoms with Crippen LogP contribution in [0, 0.1) is 0 Å². The van der Waals surface area contributed by atoms with Crippen molar-refractivity contribution in [1.82, 2.24) is 20.4 Å². The summed E-state index contributed by atoms with van der Waals surface area (Å²) in [7, 11) is 1.63. The second-order valence-electron chi connectivity index (χ2n) is 6.92. The Bertz CT molecular complexity index is 744. The summed E-state index contributed by atoms with van der Waals surface area (Å²) in [4.78, 5) is 19.2. The predicted molar refractivity (Wildman–Crippen MR) is 95.7 cm³/mol. The number of carbonyl (C=O) groups is 1. The smallest absolute Gasteiger partial charge is 0.227 e. The molecule has 2 saturated heterocycles. The second kappa shape index (κ2) is 7.45. The van der Waals surface area contributed by atoms with E-state index in [-0.39, 0.29) is 5.91 Å². The van der Waals surface area contributed by atoms with Crippen molar-refractivity contribution < 1.29 is 14.1 Å². The van der Waals surface area contributed by atoms with Gasteiger partial charge in [0.05, 0.1) is 7.11 Å². The molecule has 4 rings (SSSR count). The molecule has 0 aliphatic carbocycles. The van der Waals surface area contributed by atoms with E-state index in [1.54, 1.807) is 7.11 Å². The molecule has 138 valence electrons. The van der Waals surface area contributed by atoms with Crippen LogP contribution in [-0.2, 0) is 11.2 Å². The zero-order valence-corrected chi connectivity index (χ0v) is 15.0. The van der Waals surface area contributed by atoms with Crippen LogP contribution in [0.15, 0.2) is 28.8 Å². The Balaban J connectivity index is 1.37. The Morgan fingerprint density at radius 2 is 2.08 bits per heavy atom. The third-order valence-corrected chi connectivity index (χ3v) is 5.31. The van der Waals surface area contributed by atoms with Crippen LogP contribution in [0.2, 0.25) is 0 Å². The van der Waals surface area contributed by atoms with Gasteiger partial charge in [-0.05, 0) is 50.1 Å². The number of aryl methyl sites for hydroxylation is 1. The summed E-state index contributed by atoms with van der Waals surface area (Å²) in [5.74, 6) is 2.02. The van der Waals surface area contributed by atoms with Crippen LogP contribution in [0.3, 0.4) is 0 Å². The fourth-order valence-electron chi connectivity index (χ4n) is 3.95. The molecule has 7 heteroatoms. The summed E-state index contributed by atoms with van der Waals surface area (Å²) in [6.45, 7) is 1.91. The number of fused-ring (bicyclic) bond motifs is 2. The van der Waals surface area contributed by atoms with Gasteiger partial charge in [-0.25, -0.2) is 0 Å². The molecule has 1 amide bonds. The lowest BCUT2D eigenvalue weighted by molar-refractivity contribution is -0.133. The van der Waals surface area contributed by atoms with Crippen LogP contribution in [0.5, 0.6) is 5.75 Å². The molecule has 0 spiro atoms. The van der Waals surface area contributed by atoms with E-state index in [1.807, 2.05) is 24.3 Å². The summed E-state index contributed by atoms with van der Waals surface area (Å²) in [6.07, 6.45) is 4.17. The van der Waals surface area contributed by atoms with Crippen LogP contribution >= 0.6 is 0 Å². The minimum Gasteiger partial charge on any atom is -0.497 e. The van der Waals surface area contributed by atoms with E-state index in [1.165, 1.54) is 0 Å². The molecule has 3 heterocycles. The quantitative estimate of drug-likeness (QED) is 0.883. The minimum atomic E-state index is 0.199. The Hall–Kier alpha value is -2.41. The summed E-state index contributed by atoms with van der Waals surface area (Å²) >= 11 is 0. The van der Waals surface area contributed by atoms with Crippen molar-refractivity contribution in [1.29, 1.82) is 0 Å². The van der Waals surface area contributed by atoms with Gasteiger partial charge in [-0.2, -0.15) is 4.98 Å². The lowest BCUT2D eigenvalue weighted by atomic mass is 10.1. The molecule has 26 heavy (non-hydrogen) atoms. The number of rotatable bonds is 5. The van der Waals surface area contributed by atoms with Crippen LogP contribution in [0.25, 0.3) is 11.4 Å². The number of methoxy groups -OCH3 is 1. The van der Waals surface area contributed by atoms with E-state index < -0.39 is 0 Å². The summed E-state index contributed by atoms with van der Waals surface area (Å²) in [6, 6.07) is 8.23. The first-order valence-electron chi connectivity index (χ1n) is 9.23. The van der Waals surface area contributed by atoms with Crippen LogP contribution in [0.1, 0.15) is 31.6 Å². The second-order valence-corrected chi connectivity index (χ2v) is 6.92. The fourth-order valence-corrected chi connectivity index (χ4v) is 3.95. The number of nitrogens with one attached hydrogen (secondary N) is 1. The largest absolute Gasteiger partial charge is 0.497 e. The average Bonchev–Trinajstić information content (AvgIpc) is 3.23. The number of hydrogen-bond acceptors (Lipinski definition) is 6. The molecule has 2 aromatic rings. The van der Waals surface area contributed by atoms with Crippen LogP contribution in [0.4, 0.5) is 0 Å². The van der Waals surface area contributed by atoms with E-state index in [9.17, 15) is 4.79 Å². The zero-order chi connectivity index (χ0) is 17.9. The van der Waals surface area contributed by atoms with Crippen molar-refractivity contribution >= 4 is 5.91 Å². The van der Waals surface area contributed by atoms with Gasteiger partial charge in [0.15, 0.2) is 0 Å². The maximum atomic E-state index is 12.7. The summed E-state index contributed by atoms with van der Waals surface area (Å²) in [5.41, 5.74) is 0.865. The molecule has 1 N–H and O–H groups in total. The molecule has 2 fully saturated rings. The highest BCUT2D eigenvalue weighted by molar-refractivity contribution is 5.77. The molecule has 1 aromatic carbocycles. The molecule has 2 aliphatic rings. The lowest BCUT2D eigenvalue weighted by Crippen LogP contribution is -2.42. The standard InChI is InChI=1S/C19H24N4O3/c1-25-16-6-2-13(3-7-16)19-21-17(26-22-19)8-9-18(24)23-14-4-5-15(23)12-20-11-10-14/h2-3,6-7,14-15,20H,4-5,8-12H2,1H3. The maximum Gasteiger partial charge on any atom is 0.227 e. The molecule has 1 aromatic heterocycles. The molecule has 2 unspecified atom stereocenters. The molecular weight excluding hydrogens is 332 g/mol. The van der Waals surface area contributed by atoms with Gasteiger partial charge in [-0.1, -0.05) is 5.16 Å². The van der Waals surface area contributed by atoms with Gasteiger partial charge in [0.1, 0.15) is 5.75 Å². The highest BCUT2D eigenvalue weighted by atomic mass is 16.5. The average molecular weight is 356 g/mol. The van der Waals surface area contributed by atoms with Crippen LogP contribution < -0.4 is 10.1 Å². The number of carbonyl (C=O) groups excluding carboxylic acids is 1. The van der Waals surface area contributed by atoms with Gasteiger partial charge in [0.25, 0.3) is 0 Å². The topological polar surface area (TPSA) is 80.5 Å². The van der Waals surface area contributed by atoms with Crippen molar-refractivity contribution in [2.24, 2.45) is 0 Å². The van der Waals surface area contributed by atoms with Crippen molar-refractivity contribution in [3.63, 3.8) is 0 Å². The number of amides is 1. The third kappa shape index (κ3) is 3.44. The Labute approximate surface area is 152 Å². The van der Waals surface area contributed by atoms with E-state index in [4.69, 9.17) is 9.26 Å². The normalized spacial score (nSPS) is 22.3. The van der Waals surface area contributed by atoms with E-state index >= 15 is 0 Å². The zero-order valence-electron chi connectivity index (χ0n) is 15.0. The molecule has 2 aliphatic heterocycles. The number of ether oxygens (including phenoxy) is 1. The maximum absolute atomic E-state index is 12.7. The first-order valence-corrected chi connectivity index (χ1v) is 9.23. The van der Waals surface area contributed by atoms with Gasteiger partial charge in [0, 0.05) is 37.0 Å². The molecule has 0 radical (unpaired) electrons. The first kappa shape index (κ1) is 17.0. The summed E-state index contributed by atoms with van der Waals surface area (Å²) in [5, 5.41) is 7.45. The molecule has 2 atom stereocenters. The van der Waals surface area contributed by atoms with Crippen molar-refractivity contribution in [3.8, 4) is 17.1 Å². The van der Waals surface area contributed by atoms with Crippen molar-refractivity contribution in [2.45, 2.75) is 44.2 Å². The van der Waals surface area contributed by atoms with E-state index in [0.717, 1.165) is 43.7 Å². The highest BCUT2D eigenvalue weighted by Gasteiger charge is 2.37. The minimum absolute atomic E-state index is 0.199. The predicted octanol–water partition coefficient (Wildman–Crippen LogP) is 2.03. The van der Waals surface area contributed by atoms with Gasteiger partial charge in [-0.15, -0.1) is 0 Å². The number of nitrogens with zero attached hydrogens (tertiary/aromatic N) is 3. The van der Waals surface area contributed by atoms with Gasteiger partial charge >= 0.3 is 0 Å². The first-order chi connectivity index (χ1) is 12.7. The lowest BCUT2D eigenvalue weighted by Gasteiger charge is -2.27. The Morgan fingerprint density at radius 1 is 1.27 bits per heavy atom. The fraction of sp³-hybridized carbons (Fsp3) is 0.526. The SMILES string of the molecule is COc1ccc(-c2noc(CCC(=O)N3C4CCNCC3CC4)n2)cc1. The molecule has 7 nitrogen and oxygen atoms in total.